The molecule has 17 heavy (non-hydrogen) atoms. The minimum absolute atomic E-state index is 0.199. The highest BCUT2D eigenvalue weighted by Gasteiger charge is 1.97. The van der Waals surface area contributed by atoms with E-state index in [1.54, 1.807) is 42.5 Å². The first-order chi connectivity index (χ1) is 8.15. The fraction of sp³-hybridized carbons (Fsp3) is 0.0769. The van der Waals surface area contributed by atoms with E-state index < -0.39 is 0 Å². The lowest BCUT2D eigenvalue weighted by Gasteiger charge is -1.99. The second-order valence-electron chi connectivity index (χ2n) is 3.69. The van der Waals surface area contributed by atoms with Gasteiger partial charge in [-0.15, -0.1) is 0 Å². The van der Waals surface area contributed by atoms with Crippen molar-refractivity contribution < 1.29 is 10.2 Å². The predicted molar refractivity (Wildman–Crippen MR) is 65.1 cm³/mol. The maximum Gasteiger partial charge on any atom is 0.115 e. The van der Waals surface area contributed by atoms with Gasteiger partial charge in [-0.3, -0.25) is 0 Å². The van der Waals surface area contributed by atoms with Crippen LogP contribution in [0, 0.1) is 6.92 Å². The number of benzene rings is 2. The highest BCUT2D eigenvalue weighted by Crippen LogP contribution is 2.25. The van der Waals surface area contributed by atoms with Gasteiger partial charge in [0.25, 0.3) is 0 Å². The molecule has 0 unspecified atom stereocenters. The molecule has 0 aliphatic heterocycles. The van der Waals surface area contributed by atoms with Gasteiger partial charge >= 0.3 is 0 Å². The predicted octanol–water partition coefficient (Wildman–Crippen LogP) is 3.82. The number of hydrogen-bond donors (Lipinski definition) is 2. The molecule has 4 heteroatoms. The van der Waals surface area contributed by atoms with Crippen LogP contribution in [-0.4, -0.2) is 10.2 Å². The Kier molecular flexibility index (Phi) is 3.05. The first-order valence-corrected chi connectivity index (χ1v) is 5.15. The van der Waals surface area contributed by atoms with Crippen molar-refractivity contribution in [2.24, 2.45) is 10.2 Å². The average Bonchev–Trinajstić information content (AvgIpc) is 2.30. The Labute approximate surface area is 98.9 Å². The van der Waals surface area contributed by atoms with Gasteiger partial charge < -0.3 is 10.2 Å². The van der Waals surface area contributed by atoms with Gasteiger partial charge in [0.15, 0.2) is 0 Å². The van der Waals surface area contributed by atoms with E-state index in [2.05, 4.69) is 10.2 Å². The Balaban J connectivity index is 2.23. The Hall–Kier alpha value is -2.36. The summed E-state index contributed by atoms with van der Waals surface area (Å²) in [6.07, 6.45) is 0. The van der Waals surface area contributed by atoms with Crippen LogP contribution in [0.3, 0.4) is 0 Å². The third kappa shape index (κ3) is 2.81. The molecule has 0 bridgehead atoms. The van der Waals surface area contributed by atoms with Crippen LogP contribution in [0.25, 0.3) is 0 Å². The van der Waals surface area contributed by atoms with E-state index >= 15 is 0 Å². The standard InChI is InChI=1S/C13H12N2O2/c1-9-8-12(17)6-7-13(9)15-14-10-2-4-11(16)5-3-10/h2-8,16-17H,1H3. The van der Waals surface area contributed by atoms with Crippen molar-refractivity contribution in [1.82, 2.24) is 0 Å². The van der Waals surface area contributed by atoms with E-state index in [0.717, 1.165) is 5.56 Å². The molecule has 2 N–H and O–H groups in total. The zero-order valence-electron chi connectivity index (χ0n) is 9.33. The molecule has 4 nitrogen and oxygen atoms in total. The molecule has 0 saturated carbocycles. The molecule has 2 aromatic carbocycles. The van der Waals surface area contributed by atoms with Gasteiger partial charge in [-0.25, -0.2) is 0 Å². The van der Waals surface area contributed by atoms with Gasteiger partial charge in [-0.1, -0.05) is 0 Å². The van der Waals surface area contributed by atoms with E-state index in [9.17, 15) is 5.11 Å². The number of aryl methyl sites for hydroxylation is 1. The SMILES string of the molecule is Cc1cc(O)ccc1N=Nc1ccc(O)cc1. The molecule has 2 aromatic rings. The normalized spacial score (nSPS) is 10.9. The molecule has 0 aliphatic rings. The number of nitrogens with zero attached hydrogens (tertiary/aromatic N) is 2. The van der Waals surface area contributed by atoms with Crippen molar-refractivity contribution in [3.8, 4) is 11.5 Å². The van der Waals surface area contributed by atoms with Crippen molar-refractivity contribution in [1.29, 1.82) is 0 Å². The fourth-order valence-electron chi connectivity index (χ4n) is 1.38. The van der Waals surface area contributed by atoms with Gasteiger partial charge in [0.1, 0.15) is 11.5 Å². The number of phenols is 2. The Morgan fingerprint density at radius 3 is 2.12 bits per heavy atom. The van der Waals surface area contributed by atoms with E-state index in [1.807, 2.05) is 6.92 Å². The minimum Gasteiger partial charge on any atom is -0.508 e. The number of aromatic hydroxyl groups is 2. The molecule has 0 radical (unpaired) electrons. The van der Waals surface area contributed by atoms with Crippen LogP contribution in [0.1, 0.15) is 5.56 Å². The molecular weight excluding hydrogens is 216 g/mol. The second kappa shape index (κ2) is 4.65. The van der Waals surface area contributed by atoms with Crippen LogP contribution < -0.4 is 0 Å². The maximum atomic E-state index is 9.25. The maximum absolute atomic E-state index is 9.25. The van der Waals surface area contributed by atoms with Crippen molar-refractivity contribution in [3.63, 3.8) is 0 Å². The van der Waals surface area contributed by atoms with Crippen molar-refractivity contribution in [2.75, 3.05) is 0 Å². The third-order valence-corrected chi connectivity index (χ3v) is 2.30. The molecule has 0 atom stereocenters. The van der Waals surface area contributed by atoms with Gasteiger partial charge in [0.05, 0.1) is 11.4 Å². The summed E-state index contributed by atoms with van der Waals surface area (Å²) in [5, 5.41) is 26.5. The number of azo groups is 1. The summed E-state index contributed by atoms with van der Waals surface area (Å²) in [5.74, 6) is 0.413. The first kappa shape index (κ1) is 11.1. The van der Waals surface area contributed by atoms with Crippen molar-refractivity contribution >= 4 is 11.4 Å². The average molecular weight is 228 g/mol. The quantitative estimate of drug-likeness (QED) is 0.767. The lowest BCUT2D eigenvalue weighted by atomic mass is 10.2. The van der Waals surface area contributed by atoms with Gasteiger partial charge in [-0.05, 0) is 55.0 Å². The molecular formula is C13H12N2O2. The van der Waals surface area contributed by atoms with Crippen LogP contribution >= 0.6 is 0 Å². The molecule has 0 aromatic heterocycles. The summed E-state index contributed by atoms with van der Waals surface area (Å²) in [7, 11) is 0. The monoisotopic (exact) mass is 228 g/mol. The molecule has 2 rings (SSSR count). The topological polar surface area (TPSA) is 65.2 Å². The van der Waals surface area contributed by atoms with Crippen LogP contribution in [0.15, 0.2) is 52.7 Å². The number of phenolic OH excluding ortho intramolecular Hbond substituents is 2. The molecule has 86 valence electrons. The summed E-state index contributed by atoms with van der Waals surface area (Å²) >= 11 is 0. The van der Waals surface area contributed by atoms with E-state index in [0.29, 0.717) is 11.4 Å². The summed E-state index contributed by atoms with van der Waals surface area (Å²) < 4.78 is 0. The molecule has 0 aliphatic carbocycles. The largest absolute Gasteiger partial charge is 0.508 e. The smallest absolute Gasteiger partial charge is 0.115 e. The Morgan fingerprint density at radius 2 is 1.47 bits per heavy atom. The van der Waals surface area contributed by atoms with Gasteiger partial charge in [0, 0.05) is 0 Å². The minimum atomic E-state index is 0.199. The third-order valence-electron chi connectivity index (χ3n) is 2.30. The highest BCUT2D eigenvalue weighted by atomic mass is 16.3. The van der Waals surface area contributed by atoms with Crippen LogP contribution in [-0.2, 0) is 0 Å². The Bertz CT molecular complexity index is 548. The number of rotatable bonds is 2. The fourth-order valence-corrected chi connectivity index (χ4v) is 1.38. The molecule has 0 amide bonds. The lowest BCUT2D eigenvalue weighted by molar-refractivity contribution is 0.474. The van der Waals surface area contributed by atoms with Crippen molar-refractivity contribution in [3.05, 3.63) is 48.0 Å². The van der Waals surface area contributed by atoms with Crippen LogP contribution in [0.5, 0.6) is 11.5 Å². The van der Waals surface area contributed by atoms with E-state index in [1.165, 1.54) is 0 Å². The summed E-state index contributed by atoms with van der Waals surface area (Å²) in [6, 6.07) is 11.4. The number of hydrogen-bond acceptors (Lipinski definition) is 4. The molecule has 0 saturated heterocycles. The van der Waals surface area contributed by atoms with Crippen LogP contribution in [0.2, 0.25) is 0 Å². The molecule has 0 fully saturated rings. The molecule has 0 spiro atoms. The zero-order chi connectivity index (χ0) is 12.3. The zero-order valence-corrected chi connectivity index (χ0v) is 9.33. The summed E-state index contributed by atoms with van der Waals surface area (Å²) in [6.45, 7) is 1.85. The first-order valence-electron chi connectivity index (χ1n) is 5.15. The second-order valence-corrected chi connectivity index (χ2v) is 3.69. The highest BCUT2D eigenvalue weighted by molar-refractivity contribution is 5.49. The van der Waals surface area contributed by atoms with Gasteiger partial charge in [-0.2, -0.15) is 10.2 Å². The van der Waals surface area contributed by atoms with Crippen molar-refractivity contribution in [2.45, 2.75) is 6.92 Å². The lowest BCUT2D eigenvalue weighted by Crippen LogP contribution is -1.73. The van der Waals surface area contributed by atoms with Gasteiger partial charge in [0.2, 0.25) is 0 Å². The van der Waals surface area contributed by atoms with E-state index in [4.69, 9.17) is 5.11 Å². The summed E-state index contributed by atoms with van der Waals surface area (Å²) in [4.78, 5) is 0. The van der Waals surface area contributed by atoms with Crippen LogP contribution in [0.4, 0.5) is 11.4 Å². The summed E-state index contributed by atoms with van der Waals surface area (Å²) in [5.41, 5.74) is 2.22. The van der Waals surface area contributed by atoms with E-state index in [-0.39, 0.29) is 11.5 Å². The Morgan fingerprint density at radius 1 is 0.824 bits per heavy atom. The molecule has 0 heterocycles.